The van der Waals surface area contributed by atoms with Crippen molar-refractivity contribution in [2.45, 2.75) is 110 Å². The van der Waals surface area contributed by atoms with E-state index in [0.717, 1.165) is 84.7 Å². The van der Waals surface area contributed by atoms with Crippen LogP contribution in [0.25, 0.3) is 11.1 Å². The number of imide groups is 1. The molecule has 230 valence electrons. The van der Waals surface area contributed by atoms with Gasteiger partial charge in [0.25, 0.3) is 11.8 Å². The zero-order chi connectivity index (χ0) is 30.8. The predicted molar refractivity (Wildman–Crippen MR) is 162 cm³/mol. The van der Waals surface area contributed by atoms with Crippen molar-refractivity contribution in [3.63, 3.8) is 0 Å². The molecule has 0 unspecified atom stereocenters. The average molecular weight is 590 g/mol. The van der Waals surface area contributed by atoms with E-state index >= 15 is 0 Å². The van der Waals surface area contributed by atoms with Crippen molar-refractivity contribution in [2.24, 2.45) is 0 Å². The SMILES string of the molecule is CCCCC(=O)CCCc1ccc2c(c1)C(COC(=O)ON1C(=O)CCC1=O)c1cc(CCCC(=O)CCCC)ccc1-2. The Kier molecular flexibility index (Phi) is 11.6. The van der Waals surface area contributed by atoms with Crippen LogP contribution >= 0.6 is 0 Å². The second kappa shape index (κ2) is 15.6. The minimum absolute atomic E-state index is 0.00937. The number of aryl methyl sites for hydroxylation is 2. The van der Waals surface area contributed by atoms with Crippen LogP contribution in [0.5, 0.6) is 0 Å². The van der Waals surface area contributed by atoms with Crippen molar-refractivity contribution in [3.05, 3.63) is 58.7 Å². The van der Waals surface area contributed by atoms with Crippen LogP contribution in [0.1, 0.15) is 119 Å². The van der Waals surface area contributed by atoms with Gasteiger partial charge in [0.05, 0.1) is 0 Å². The van der Waals surface area contributed by atoms with Gasteiger partial charge in [0.15, 0.2) is 0 Å². The third-order valence-corrected chi connectivity index (χ3v) is 8.27. The number of carbonyl (C=O) groups excluding carboxylic acids is 5. The van der Waals surface area contributed by atoms with E-state index in [1.165, 1.54) is 0 Å². The molecule has 8 heteroatoms. The molecule has 8 nitrogen and oxygen atoms in total. The van der Waals surface area contributed by atoms with Gasteiger partial charge in [-0.3, -0.25) is 24.0 Å². The maximum absolute atomic E-state index is 12.5. The number of unbranched alkanes of at least 4 members (excludes halogenated alkanes) is 2. The molecule has 0 spiro atoms. The molecular formula is C35H43NO7. The fourth-order valence-electron chi connectivity index (χ4n) is 5.84. The highest BCUT2D eigenvalue weighted by atomic mass is 16.8. The van der Waals surface area contributed by atoms with Gasteiger partial charge in [-0.1, -0.05) is 68.2 Å². The lowest BCUT2D eigenvalue weighted by molar-refractivity contribution is -0.177. The Morgan fingerprint density at radius 2 is 1.19 bits per heavy atom. The monoisotopic (exact) mass is 589 g/mol. The fraction of sp³-hybridized carbons (Fsp3) is 0.514. The Labute approximate surface area is 254 Å². The number of nitrogens with zero attached hydrogens (tertiary/aromatic N) is 1. The minimum atomic E-state index is -1.10. The second-order valence-corrected chi connectivity index (χ2v) is 11.6. The van der Waals surface area contributed by atoms with Crippen LogP contribution in [0.3, 0.4) is 0 Å². The van der Waals surface area contributed by atoms with E-state index in [9.17, 15) is 24.0 Å². The van der Waals surface area contributed by atoms with Gasteiger partial charge in [0.2, 0.25) is 0 Å². The first-order valence-corrected chi connectivity index (χ1v) is 15.8. The highest BCUT2D eigenvalue weighted by Gasteiger charge is 2.35. The van der Waals surface area contributed by atoms with Crippen molar-refractivity contribution in [1.29, 1.82) is 0 Å². The molecule has 4 rings (SSSR count). The molecular weight excluding hydrogens is 546 g/mol. The predicted octanol–water partition coefficient (Wildman–Crippen LogP) is 7.18. The second-order valence-electron chi connectivity index (χ2n) is 11.6. The van der Waals surface area contributed by atoms with Crippen LogP contribution in [-0.4, -0.2) is 41.2 Å². The lowest BCUT2D eigenvalue weighted by atomic mass is 9.93. The molecule has 2 amide bonds. The molecule has 2 aromatic carbocycles. The minimum Gasteiger partial charge on any atom is -0.432 e. The first-order chi connectivity index (χ1) is 20.8. The Morgan fingerprint density at radius 1 is 0.721 bits per heavy atom. The molecule has 0 saturated carbocycles. The van der Waals surface area contributed by atoms with E-state index in [0.29, 0.717) is 42.3 Å². The highest BCUT2D eigenvalue weighted by molar-refractivity contribution is 6.01. The number of ether oxygens (including phenoxy) is 1. The zero-order valence-electron chi connectivity index (χ0n) is 25.5. The first kappa shape index (κ1) is 32.1. The molecule has 43 heavy (non-hydrogen) atoms. The normalized spacial score (nSPS) is 14.1. The summed E-state index contributed by atoms with van der Waals surface area (Å²) in [4.78, 5) is 65.5. The number of Topliss-reactive ketones (excluding diaryl/α,β-unsaturated/α-hetero) is 2. The van der Waals surface area contributed by atoms with Crippen LogP contribution in [0.4, 0.5) is 4.79 Å². The number of benzene rings is 2. The average Bonchev–Trinajstić information content (AvgIpc) is 3.48. The van der Waals surface area contributed by atoms with Gasteiger partial charge in [-0.25, -0.2) is 4.79 Å². The summed E-state index contributed by atoms with van der Waals surface area (Å²) in [5.41, 5.74) is 6.40. The van der Waals surface area contributed by atoms with E-state index in [2.05, 4.69) is 50.2 Å². The number of carbonyl (C=O) groups is 5. The number of hydrogen-bond acceptors (Lipinski definition) is 7. The molecule has 0 atom stereocenters. The molecule has 1 aliphatic heterocycles. The highest BCUT2D eigenvalue weighted by Crippen LogP contribution is 2.46. The van der Waals surface area contributed by atoms with Crippen molar-refractivity contribution < 1.29 is 33.5 Å². The van der Waals surface area contributed by atoms with Crippen LogP contribution in [0.15, 0.2) is 36.4 Å². The number of rotatable bonds is 17. The maximum Gasteiger partial charge on any atom is 0.533 e. The van der Waals surface area contributed by atoms with Gasteiger partial charge in [0, 0.05) is 44.4 Å². The summed E-state index contributed by atoms with van der Waals surface area (Å²) in [5, 5.41) is 0.485. The van der Waals surface area contributed by atoms with Crippen molar-refractivity contribution in [3.8, 4) is 11.1 Å². The van der Waals surface area contributed by atoms with E-state index in [1.807, 2.05) is 0 Å². The molecule has 1 aliphatic carbocycles. The molecule has 0 N–H and O–H groups in total. The number of ketones is 2. The van der Waals surface area contributed by atoms with Crippen LogP contribution in [0, 0.1) is 0 Å². The third kappa shape index (κ3) is 8.62. The van der Waals surface area contributed by atoms with Crippen LogP contribution < -0.4 is 0 Å². The van der Waals surface area contributed by atoms with Crippen molar-refractivity contribution >= 4 is 29.5 Å². The Balaban J connectivity index is 1.48. The van der Waals surface area contributed by atoms with Gasteiger partial charge in [-0.05, 0) is 71.9 Å². The molecule has 0 bridgehead atoms. The fourth-order valence-corrected chi connectivity index (χ4v) is 5.84. The number of fused-ring (bicyclic) bond motifs is 3. The van der Waals surface area contributed by atoms with Crippen LogP contribution in [-0.2, 0) is 41.6 Å². The summed E-state index contributed by atoms with van der Waals surface area (Å²) in [7, 11) is 0. The summed E-state index contributed by atoms with van der Waals surface area (Å²) in [6.45, 7) is 4.15. The topological polar surface area (TPSA) is 107 Å². The van der Waals surface area contributed by atoms with E-state index in [4.69, 9.17) is 9.57 Å². The number of hydrogen-bond donors (Lipinski definition) is 0. The standard InChI is InChI=1S/C35H43NO7/c1-3-5-11-26(37)13-7-9-24-15-17-28-29-18-16-25(10-8-14-27(38)12-6-4-2)22-31(29)32(30(28)21-24)23-42-35(41)43-36-33(39)19-20-34(36)40/h15-18,21-22,32H,3-14,19-20,23H2,1-2H3. The lowest BCUT2D eigenvalue weighted by Gasteiger charge is -2.17. The van der Waals surface area contributed by atoms with Gasteiger partial charge in [-0.2, -0.15) is 0 Å². The van der Waals surface area contributed by atoms with Crippen molar-refractivity contribution in [2.75, 3.05) is 6.61 Å². The molecule has 2 aliphatic rings. The van der Waals surface area contributed by atoms with E-state index in [-0.39, 0.29) is 25.4 Å². The summed E-state index contributed by atoms with van der Waals surface area (Å²) < 4.78 is 5.48. The summed E-state index contributed by atoms with van der Waals surface area (Å²) in [6.07, 6.45) is 8.30. The van der Waals surface area contributed by atoms with Gasteiger partial charge in [-0.15, -0.1) is 0 Å². The van der Waals surface area contributed by atoms with Gasteiger partial charge < -0.3 is 4.74 Å². The van der Waals surface area contributed by atoms with Gasteiger partial charge in [0.1, 0.15) is 18.2 Å². The molecule has 0 aromatic heterocycles. The van der Waals surface area contributed by atoms with E-state index < -0.39 is 18.0 Å². The molecule has 1 fully saturated rings. The quantitative estimate of drug-likeness (QED) is 0.142. The largest absolute Gasteiger partial charge is 0.533 e. The Morgan fingerprint density at radius 3 is 1.65 bits per heavy atom. The molecule has 2 aromatic rings. The number of hydroxylamine groups is 2. The van der Waals surface area contributed by atoms with E-state index in [1.54, 1.807) is 0 Å². The van der Waals surface area contributed by atoms with Crippen molar-refractivity contribution in [1.82, 2.24) is 5.06 Å². The lowest BCUT2D eigenvalue weighted by Crippen LogP contribution is -2.32. The molecule has 1 heterocycles. The Bertz CT molecular complexity index is 1260. The maximum atomic E-state index is 12.5. The molecule has 1 saturated heterocycles. The van der Waals surface area contributed by atoms with Crippen LogP contribution in [0.2, 0.25) is 0 Å². The van der Waals surface area contributed by atoms with Gasteiger partial charge >= 0.3 is 6.16 Å². The summed E-state index contributed by atoms with van der Waals surface area (Å²) in [6, 6.07) is 12.6. The first-order valence-electron chi connectivity index (χ1n) is 15.8. The smallest absolute Gasteiger partial charge is 0.432 e. The summed E-state index contributed by atoms with van der Waals surface area (Å²) >= 11 is 0. The zero-order valence-corrected chi connectivity index (χ0v) is 25.5. The molecule has 0 radical (unpaired) electrons. The number of amides is 2. The summed E-state index contributed by atoms with van der Waals surface area (Å²) in [5.74, 6) is -0.785. The Hall–Kier alpha value is -3.81. The third-order valence-electron chi connectivity index (χ3n) is 8.27.